The van der Waals surface area contributed by atoms with Gasteiger partial charge in [-0.3, -0.25) is 0 Å². The molecular formula is C19H26N2O4. The first-order valence-corrected chi connectivity index (χ1v) is 8.73. The van der Waals surface area contributed by atoms with Gasteiger partial charge in [0.05, 0.1) is 0 Å². The second-order valence-corrected chi connectivity index (χ2v) is 8.00. The molecule has 1 N–H and O–H groups in total. The highest BCUT2D eigenvalue weighted by Gasteiger charge is 2.57. The molecule has 2 amide bonds. The van der Waals surface area contributed by atoms with Crippen molar-refractivity contribution in [2.75, 3.05) is 13.1 Å². The monoisotopic (exact) mass is 346 g/mol. The second-order valence-electron chi connectivity index (χ2n) is 8.00. The number of alkyl carbamates (subject to hydrolysis) is 1. The third-order valence-electron chi connectivity index (χ3n) is 4.84. The van der Waals surface area contributed by atoms with Crippen molar-refractivity contribution in [1.82, 2.24) is 10.2 Å². The van der Waals surface area contributed by atoms with Gasteiger partial charge >= 0.3 is 12.2 Å². The van der Waals surface area contributed by atoms with E-state index in [9.17, 15) is 9.59 Å². The zero-order valence-corrected chi connectivity index (χ0v) is 15.1. The summed E-state index contributed by atoms with van der Waals surface area (Å²) in [6, 6.07) is 9.66. The van der Waals surface area contributed by atoms with Gasteiger partial charge in [0.1, 0.15) is 12.2 Å². The van der Waals surface area contributed by atoms with E-state index in [1.165, 1.54) is 0 Å². The van der Waals surface area contributed by atoms with E-state index < -0.39 is 11.7 Å². The smallest absolute Gasteiger partial charge is 0.410 e. The van der Waals surface area contributed by atoms with E-state index in [0.29, 0.717) is 13.1 Å². The van der Waals surface area contributed by atoms with Crippen LogP contribution in [0.25, 0.3) is 0 Å². The fourth-order valence-electron chi connectivity index (χ4n) is 3.38. The molecule has 0 bridgehead atoms. The van der Waals surface area contributed by atoms with Crippen molar-refractivity contribution in [2.24, 2.45) is 5.41 Å². The number of nitrogens with one attached hydrogen (secondary N) is 1. The molecule has 2 fully saturated rings. The van der Waals surface area contributed by atoms with Crippen LogP contribution in [-0.4, -0.2) is 41.8 Å². The van der Waals surface area contributed by atoms with Crippen molar-refractivity contribution in [3.8, 4) is 0 Å². The maximum atomic E-state index is 12.0. The number of likely N-dealkylation sites (tertiary alicyclic amines) is 1. The Balaban J connectivity index is 1.43. The number of rotatable bonds is 3. The topological polar surface area (TPSA) is 67.9 Å². The van der Waals surface area contributed by atoms with E-state index >= 15 is 0 Å². The first-order valence-electron chi connectivity index (χ1n) is 8.73. The molecule has 25 heavy (non-hydrogen) atoms. The second kappa shape index (κ2) is 6.58. The Morgan fingerprint density at radius 2 is 1.92 bits per heavy atom. The van der Waals surface area contributed by atoms with Gasteiger partial charge in [-0.1, -0.05) is 30.3 Å². The fraction of sp³-hybridized carbons (Fsp3) is 0.579. The Kier molecular flexibility index (Phi) is 4.62. The third-order valence-corrected chi connectivity index (χ3v) is 4.84. The van der Waals surface area contributed by atoms with E-state index in [-0.39, 0.29) is 24.2 Å². The summed E-state index contributed by atoms with van der Waals surface area (Å²) >= 11 is 0. The summed E-state index contributed by atoms with van der Waals surface area (Å²) < 4.78 is 10.7. The predicted molar refractivity (Wildman–Crippen MR) is 93.0 cm³/mol. The standard InChI is InChI=1S/C19H26N2O4/c1-18(2,3)25-17(23)21-12-19(13-21)10-9-15(19)20-16(22)24-11-14-7-5-4-6-8-14/h4-8,15H,9-13H2,1-3H3,(H,20,22). The zero-order valence-electron chi connectivity index (χ0n) is 15.1. The van der Waals surface area contributed by atoms with Crippen LogP contribution in [0, 0.1) is 5.41 Å². The van der Waals surface area contributed by atoms with E-state index in [4.69, 9.17) is 9.47 Å². The minimum atomic E-state index is -0.488. The van der Waals surface area contributed by atoms with Gasteiger partial charge in [-0.15, -0.1) is 0 Å². The number of amides is 2. The molecule has 6 heteroatoms. The maximum Gasteiger partial charge on any atom is 0.410 e. The first-order chi connectivity index (χ1) is 11.8. The molecule has 1 aromatic rings. The molecule has 2 aliphatic rings. The first kappa shape index (κ1) is 17.6. The Morgan fingerprint density at radius 1 is 1.24 bits per heavy atom. The minimum Gasteiger partial charge on any atom is -0.445 e. The van der Waals surface area contributed by atoms with Crippen LogP contribution in [0.5, 0.6) is 0 Å². The maximum absolute atomic E-state index is 12.0. The van der Waals surface area contributed by atoms with Gasteiger partial charge in [0.25, 0.3) is 0 Å². The van der Waals surface area contributed by atoms with Crippen LogP contribution >= 0.6 is 0 Å². The van der Waals surface area contributed by atoms with Crippen LogP contribution < -0.4 is 5.32 Å². The highest BCUT2D eigenvalue weighted by atomic mass is 16.6. The van der Waals surface area contributed by atoms with E-state index in [0.717, 1.165) is 18.4 Å². The largest absolute Gasteiger partial charge is 0.445 e. The number of nitrogens with zero attached hydrogens (tertiary/aromatic N) is 1. The molecule has 3 rings (SSSR count). The summed E-state index contributed by atoms with van der Waals surface area (Å²) in [4.78, 5) is 25.8. The van der Waals surface area contributed by atoms with E-state index in [2.05, 4.69) is 5.32 Å². The van der Waals surface area contributed by atoms with Crippen molar-refractivity contribution >= 4 is 12.2 Å². The average Bonchev–Trinajstić information content (AvgIpc) is 2.47. The van der Waals surface area contributed by atoms with Crippen molar-refractivity contribution < 1.29 is 19.1 Å². The lowest BCUT2D eigenvalue weighted by Crippen LogP contribution is -2.71. The highest BCUT2D eigenvalue weighted by molar-refractivity contribution is 5.71. The normalized spacial score (nSPS) is 21.1. The molecule has 1 aromatic carbocycles. The summed E-state index contributed by atoms with van der Waals surface area (Å²) in [5.41, 5.74) is 0.460. The van der Waals surface area contributed by atoms with E-state index in [1.807, 2.05) is 51.1 Å². The molecule has 1 spiro atoms. The Bertz CT molecular complexity index is 633. The average molecular weight is 346 g/mol. The molecule has 1 unspecified atom stereocenters. The SMILES string of the molecule is CC(C)(C)OC(=O)N1CC2(CCC2NC(=O)OCc2ccccc2)C1. The molecule has 136 valence electrons. The predicted octanol–water partition coefficient (Wildman–Crippen LogP) is 3.31. The minimum absolute atomic E-state index is 0.0112. The Hall–Kier alpha value is -2.24. The van der Waals surface area contributed by atoms with Gasteiger partial charge in [0.2, 0.25) is 0 Å². The summed E-state index contributed by atoms with van der Waals surface area (Å²) in [6.45, 7) is 7.10. The van der Waals surface area contributed by atoms with Gasteiger partial charge in [-0.2, -0.15) is 0 Å². The Labute approximate surface area is 148 Å². The van der Waals surface area contributed by atoms with Crippen LogP contribution in [0.4, 0.5) is 9.59 Å². The van der Waals surface area contributed by atoms with Crippen LogP contribution in [0.1, 0.15) is 39.2 Å². The fourth-order valence-corrected chi connectivity index (χ4v) is 3.38. The molecule has 1 heterocycles. The Morgan fingerprint density at radius 3 is 2.48 bits per heavy atom. The molecule has 1 aliphatic heterocycles. The zero-order chi connectivity index (χ0) is 18.1. The number of carbonyl (C=O) groups excluding carboxylic acids is 2. The summed E-state index contributed by atoms with van der Waals surface area (Å²) in [5.74, 6) is 0. The van der Waals surface area contributed by atoms with Crippen molar-refractivity contribution in [3.63, 3.8) is 0 Å². The molecule has 1 aliphatic carbocycles. The van der Waals surface area contributed by atoms with Gasteiger partial charge in [-0.05, 0) is 39.2 Å². The molecular weight excluding hydrogens is 320 g/mol. The summed E-state index contributed by atoms with van der Waals surface area (Å²) in [7, 11) is 0. The lowest BCUT2D eigenvalue weighted by Gasteiger charge is -2.59. The number of ether oxygens (including phenoxy) is 2. The number of hydrogen-bond acceptors (Lipinski definition) is 4. The number of hydrogen-bond donors (Lipinski definition) is 1. The highest BCUT2D eigenvalue weighted by Crippen LogP contribution is 2.48. The van der Waals surface area contributed by atoms with Crippen LogP contribution in [-0.2, 0) is 16.1 Å². The van der Waals surface area contributed by atoms with Gasteiger partial charge < -0.3 is 19.7 Å². The number of carbonyl (C=O) groups is 2. The van der Waals surface area contributed by atoms with Crippen molar-refractivity contribution in [1.29, 1.82) is 0 Å². The molecule has 1 saturated carbocycles. The lowest BCUT2D eigenvalue weighted by atomic mass is 9.59. The summed E-state index contributed by atoms with van der Waals surface area (Å²) in [5, 5.41) is 2.95. The number of benzene rings is 1. The molecule has 6 nitrogen and oxygen atoms in total. The molecule has 1 atom stereocenters. The van der Waals surface area contributed by atoms with E-state index in [1.54, 1.807) is 4.90 Å². The quantitative estimate of drug-likeness (QED) is 0.912. The van der Waals surface area contributed by atoms with Gasteiger partial charge in [-0.25, -0.2) is 9.59 Å². The van der Waals surface area contributed by atoms with Crippen LogP contribution in [0.3, 0.4) is 0 Å². The summed E-state index contributed by atoms with van der Waals surface area (Å²) in [6.07, 6.45) is 1.25. The van der Waals surface area contributed by atoms with Crippen molar-refractivity contribution in [2.45, 2.75) is 51.9 Å². The third kappa shape index (κ3) is 4.06. The van der Waals surface area contributed by atoms with Gasteiger partial charge in [0, 0.05) is 24.5 Å². The van der Waals surface area contributed by atoms with Crippen LogP contribution in [0.15, 0.2) is 30.3 Å². The molecule has 0 radical (unpaired) electrons. The van der Waals surface area contributed by atoms with Gasteiger partial charge in [0.15, 0.2) is 0 Å². The molecule has 0 aromatic heterocycles. The molecule has 1 saturated heterocycles. The van der Waals surface area contributed by atoms with Crippen molar-refractivity contribution in [3.05, 3.63) is 35.9 Å². The lowest BCUT2D eigenvalue weighted by molar-refractivity contribution is -0.0900. The van der Waals surface area contributed by atoms with Crippen LogP contribution in [0.2, 0.25) is 0 Å².